The van der Waals surface area contributed by atoms with Crippen LogP contribution in [-0.2, 0) is 6.54 Å². The zero-order valence-electron chi connectivity index (χ0n) is 16.1. The van der Waals surface area contributed by atoms with E-state index in [9.17, 15) is 23.1 Å². The van der Waals surface area contributed by atoms with E-state index in [-0.39, 0.29) is 23.9 Å². The van der Waals surface area contributed by atoms with Crippen molar-refractivity contribution in [2.24, 2.45) is 5.92 Å². The summed E-state index contributed by atoms with van der Waals surface area (Å²) in [5, 5.41) is 12.8. The highest BCUT2D eigenvalue weighted by Gasteiger charge is 2.32. The highest BCUT2D eigenvalue weighted by molar-refractivity contribution is 9.10. The lowest BCUT2D eigenvalue weighted by Crippen LogP contribution is -2.21. The van der Waals surface area contributed by atoms with Gasteiger partial charge in [-0.2, -0.15) is 4.98 Å². The molecular weight excluding hydrogens is 483 g/mol. The molecule has 1 aromatic carbocycles. The molecule has 1 saturated carbocycles. The van der Waals surface area contributed by atoms with Crippen LogP contribution in [0.25, 0.3) is 11.2 Å². The van der Waals surface area contributed by atoms with E-state index in [1.54, 1.807) is 0 Å². The number of nitrogens with one attached hydrogen (secondary N) is 2. The number of aromatic amines is 1. The lowest BCUT2D eigenvalue weighted by molar-refractivity contribution is -0.274. The van der Waals surface area contributed by atoms with Crippen molar-refractivity contribution in [3.05, 3.63) is 44.9 Å². The first-order valence-corrected chi connectivity index (χ1v) is 10.4. The SMILES string of the molecule is O=c1[nH]c2cnc(NC[C@H]3CC[C@H](O)C3)nc2n1Cc1cc(Br)ccc1OC(F)(F)F. The summed E-state index contributed by atoms with van der Waals surface area (Å²) in [6.07, 6.45) is -1.34. The molecule has 1 fully saturated rings. The van der Waals surface area contributed by atoms with Crippen molar-refractivity contribution in [1.82, 2.24) is 19.5 Å². The van der Waals surface area contributed by atoms with Gasteiger partial charge in [-0.3, -0.25) is 4.57 Å². The van der Waals surface area contributed by atoms with E-state index >= 15 is 0 Å². The summed E-state index contributed by atoms with van der Waals surface area (Å²) in [5.41, 5.74) is 0.244. The number of aromatic nitrogens is 4. The summed E-state index contributed by atoms with van der Waals surface area (Å²) in [4.78, 5) is 23.6. The second-order valence-electron chi connectivity index (χ2n) is 7.46. The van der Waals surface area contributed by atoms with Gasteiger partial charge in [-0.25, -0.2) is 9.78 Å². The summed E-state index contributed by atoms with van der Waals surface area (Å²) >= 11 is 3.23. The first-order valence-electron chi connectivity index (χ1n) is 9.59. The number of hydrogen-bond acceptors (Lipinski definition) is 6. The third kappa shape index (κ3) is 5.18. The topological polar surface area (TPSA) is 105 Å². The van der Waals surface area contributed by atoms with Gasteiger partial charge in [-0.15, -0.1) is 13.2 Å². The van der Waals surface area contributed by atoms with Crippen LogP contribution in [-0.4, -0.2) is 43.6 Å². The molecule has 2 atom stereocenters. The standard InChI is InChI=1S/C19H19BrF3N5O3/c20-12-2-4-15(31-19(21,22)23)11(6-12)9-28-16-14(26-18(28)30)8-25-17(27-16)24-7-10-1-3-13(29)5-10/h2,4,6,8,10,13,29H,1,3,5,7,9H2,(H,26,30)(H,24,25,27)/t10-,13-/m0/s1. The van der Waals surface area contributed by atoms with Gasteiger partial charge in [0, 0.05) is 16.6 Å². The number of alkyl halides is 3. The molecule has 0 radical (unpaired) electrons. The summed E-state index contributed by atoms with van der Waals surface area (Å²) in [6.45, 7) is 0.390. The lowest BCUT2D eigenvalue weighted by Gasteiger charge is -2.14. The highest BCUT2D eigenvalue weighted by atomic mass is 79.9. The molecule has 1 aliphatic carbocycles. The molecule has 3 aromatic rings. The largest absolute Gasteiger partial charge is 0.573 e. The number of ether oxygens (including phenoxy) is 1. The Morgan fingerprint density at radius 2 is 2.16 bits per heavy atom. The fourth-order valence-corrected chi connectivity index (χ4v) is 4.12. The molecule has 4 rings (SSSR count). The molecule has 2 heterocycles. The minimum absolute atomic E-state index is 0.155. The lowest BCUT2D eigenvalue weighted by atomic mass is 10.1. The Hall–Kier alpha value is -2.60. The van der Waals surface area contributed by atoms with Crippen LogP contribution in [0.3, 0.4) is 0 Å². The van der Waals surface area contributed by atoms with E-state index in [1.165, 1.54) is 29.0 Å². The Morgan fingerprint density at radius 1 is 1.35 bits per heavy atom. The third-order valence-corrected chi connectivity index (χ3v) is 5.64. The quantitative estimate of drug-likeness (QED) is 0.478. The van der Waals surface area contributed by atoms with Gasteiger partial charge >= 0.3 is 12.1 Å². The zero-order valence-corrected chi connectivity index (χ0v) is 17.7. The van der Waals surface area contributed by atoms with E-state index < -0.39 is 17.8 Å². The summed E-state index contributed by atoms with van der Waals surface area (Å²) in [7, 11) is 0. The van der Waals surface area contributed by atoms with Crippen LogP contribution >= 0.6 is 15.9 Å². The average Bonchev–Trinajstić information content (AvgIpc) is 3.24. The van der Waals surface area contributed by atoms with E-state index in [1.807, 2.05) is 0 Å². The number of imidazole rings is 1. The van der Waals surface area contributed by atoms with Crippen LogP contribution in [0.1, 0.15) is 24.8 Å². The number of nitrogens with zero attached hydrogens (tertiary/aromatic N) is 3. The highest BCUT2D eigenvalue weighted by Crippen LogP contribution is 2.30. The molecule has 0 saturated heterocycles. The average molecular weight is 502 g/mol. The van der Waals surface area contributed by atoms with Gasteiger partial charge in [0.25, 0.3) is 0 Å². The minimum Gasteiger partial charge on any atom is -0.405 e. The van der Waals surface area contributed by atoms with Gasteiger partial charge in [0.15, 0.2) is 5.65 Å². The Balaban J connectivity index is 1.61. The number of benzene rings is 1. The number of anilines is 1. The molecule has 166 valence electrons. The molecule has 0 unspecified atom stereocenters. The molecule has 31 heavy (non-hydrogen) atoms. The Kier molecular flexibility index (Phi) is 5.93. The van der Waals surface area contributed by atoms with Crippen LogP contribution in [0.2, 0.25) is 0 Å². The van der Waals surface area contributed by atoms with E-state index in [2.05, 4.69) is 40.9 Å². The van der Waals surface area contributed by atoms with Gasteiger partial charge in [0.2, 0.25) is 5.95 Å². The van der Waals surface area contributed by atoms with Crippen molar-refractivity contribution in [3.8, 4) is 5.75 Å². The Morgan fingerprint density at radius 3 is 2.87 bits per heavy atom. The predicted octanol–water partition coefficient (Wildman–Crippen LogP) is 3.40. The van der Waals surface area contributed by atoms with Gasteiger partial charge in [-0.05, 0) is 43.4 Å². The first kappa shape index (κ1) is 21.6. The number of aliphatic hydroxyl groups excluding tert-OH is 1. The molecule has 8 nitrogen and oxygen atoms in total. The van der Waals surface area contributed by atoms with Crippen molar-refractivity contribution < 1.29 is 23.0 Å². The number of rotatable bonds is 6. The van der Waals surface area contributed by atoms with Crippen molar-refractivity contribution in [3.63, 3.8) is 0 Å². The maximum absolute atomic E-state index is 12.8. The smallest absolute Gasteiger partial charge is 0.405 e. The van der Waals surface area contributed by atoms with Crippen LogP contribution in [0.4, 0.5) is 19.1 Å². The maximum Gasteiger partial charge on any atom is 0.573 e. The maximum atomic E-state index is 12.8. The van der Waals surface area contributed by atoms with E-state index in [0.717, 1.165) is 12.8 Å². The second-order valence-corrected chi connectivity index (χ2v) is 8.38. The summed E-state index contributed by atoms with van der Waals surface area (Å²) < 4.78 is 44.2. The van der Waals surface area contributed by atoms with Crippen LogP contribution in [0.15, 0.2) is 33.7 Å². The minimum atomic E-state index is -4.86. The first-order chi connectivity index (χ1) is 14.7. The summed E-state index contributed by atoms with van der Waals surface area (Å²) in [6, 6.07) is 4.07. The van der Waals surface area contributed by atoms with Gasteiger partial charge in [-0.1, -0.05) is 15.9 Å². The predicted molar refractivity (Wildman–Crippen MR) is 110 cm³/mol. The zero-order chi connectivity index (χ0) is 22.2. The summed E-state index contributed by atoms with van der Waals surface area (Å²) in [5.74, 6) is 0.193. The van der Waals surface area contributed by atoms with E-state index in [4.69, 9.17) is 0 Å². The van der Waals surface area contributed by atoms with Crippen molar-refractivity contribution >= 4 is 33.0 Å². The number of H-pyrrole nitrogens is 1. The van der Waals surface area contributed by atoms with Crippen LogP contribution in [0.5, 0.6) is 5.75 Å². The number of hydrogen-bond donors (Lipinski definition) is 3. The number of aliphatic hydroxyl groups is 1. The Labute approximate surface area is 182 Å². The normalized spacial score (nSPS) is 19.1. The third-order valence-electron chi connectivity index (χ3n) is 5.15. The van der Waals surface area contributed by atoms with Crippen molar-refractivity contribution in [1.29, 1.82) is 0 Å². The fraction of sp³-hybridized carbons (Fsp3) is 0.421. The van der Waals surface area contributed by atoms with Gasteiger partial charge < -0.3 is 20.1 Å². The molecule has 0 amide bonds. The monoisotopic (exact) mass is 501 g/mol. The molecule has 0 aliphatic heterocycles. The number of fused-ring (bicyclic) bond motifs is 1. The second kappa shape index (κ2) is 8.50. The van der Waals surface area contributed by atoms with E-state index in [0.29, 0.717) is 34.8 Å². The molecule has 0 bridgehead atoms. The van der Waals surface area contributed by atoms with Crippen molar-refractivity contribution in [2.45, 2.75) is 38.3 Å². The molecule has 2 aromatic heterocycles. The molecule has 3 N–H and O–H groups in total. The van der Waals surface area contributed by atoms with Crippen LogP contribution < -0.4 is 15.7 Å². The molecular formula is C19H19BrF3N5O3. The molecule has 0 spiro atoms. The molecule has 12 heteroatoms. The van der Waals surface area contributed by atoms with Gasteiger partial charge in [0.05, 0.1) is 18.8 Å². The van der Waals surface area contributed by atoms with Crippen molar-refractivity contribution in [2.75, 3.05) is 11.9 Å². The van der Waals surface area contributed by atoms with Crippen LogP contribution in [0, 0.1) is 5.92 Å². The fourth-order valence-electron chi connectivity index (χ4n) is 3.71. The van der Waals surface area contributed by atoms with Gasteiger partial charge in [0.1, 0.15) is 11.3 Å². The molecule has 1 aliphatic rings. The Bertz CT molecular complexity index is 1150. The number of halogens is 4.